The molecule has 5 nitrogen and oxygen atoms in total. The summed E-state index contributed by atoms with van der Waals surface area (Å²) in [5, 5.41) is 1.92. The normalized spacial score (nSPS) is 13.8. The molecule has 9 aromatic rings. The number of anilines is 4. The zero-order valence-corrected chi connectivity index (χ0v) is 41.9. The molecule has 340 valence electrons. The fourth-order valence-corrected chi connectivity index (χ4v) is 8.90. The molecule has 0 N–H and O–H groups in total. The molecule has 6 heteroatoms. The summed E-state index contributed by atoms with van der Waals surface area (Å²) in [5.74, 6) is 1.48. The van der Waals surface area contributed by atoms with Gasteiger partial charge in [-0.25, -0.2) is 4.98 Å². The monoisotopic (exact) mass is 1060 g/mol. The first kappa shape index (κ1) is 42.0. The number of pyridine rings is 1. The molecule has 1 aliphatic heterocycles. The summed E-state index contributed by atoms with van der Waals surface area (Å²) >= 11 is 0. The summed E-state index contributed by atoms with van der Waals surface area (Å²) in [4.78, 5) is 9.39. The van der Waals surface area contributed by atoms with Crippen LogP contribution in [0.5, 0.6) is 11.5 Å². The van der Waals surface area contributed by atoms with E-state index in [4.69, 9.17) is 13.8 Å². The Morgan fingerprint density at radius 2 is 1.19 bits per heavy atom. The van der Waals surface area contributed by atoms with Gasteiger partial charge in [-0.1, -0.05) is 153 Å². The van der Waals surface area contributed by atoms with Gasteiger partial charge in [0.1, 0.15) is 5.82 Å². The van der Waals surface area contributed by atoms with Gasteiger partial charge in [0, 0.05) is 71.0 Å². The van der Waals surface area contributed by atoms with Gasteiger partial charge < -0.3 is 19.1 Å². The molecule has 0 spiro atoms. The van der Waals surface area contributed by atoms with Crippen LogP contribution in [0.4, 0.5) is 22.7 Å². The Bertz CT molecular complexity index is 3410. The Balaban J connectivity index is 0.00000608. The van der Waals surface area contributed by atoms with Crippen LogP contribution in [0.3, 0.4) is 0 Å². The molecule has 0 aliphatic carbocycles. The molecule has 0 atom stereocenters. The van der Waals surface area contributed by atoms with Crippen LogP contribution in [0.25, 0.3) is 49.9 Å². The number of fused-ring (bicyclic) bond motifs is 4. The molecule has 0 unspecified atom stereocenters. The summed E-state index contributed by atoms with van der Waals surface area (Å²) in [6.07, 6.45) is 1.70. The molecule has 3 heterocycles. The third kappa shape index (κ3) is 8.83. The van der Waals surface area contributed by atoms with Crippen molar-refractivity contribution in [2.45, 2.75) is 85.4 Å². The number of hydrogen-bond donors (Lipinski definition) is 0. The summed E-state index contributed by atoms with van der Waals surface area (Å²) < 4.78 is 34.9. The summed E-state index contributed by atoms with van der Waals surface area (Å²) in [7, 11) is 0. The van der Waals surface area contributed by atoms with Crippen molar-refractivity contribution in [2.24, 2.45) is 0 Å². The minimum atomic E-state index is -2.42. The average Bonchev–Trinajstić information content (AvgIpc) is 3.86. The summed E-state index contributed by atoms with van der Waals surface area (Å²) in [6, 6.07) is 59.1. The number of aryl methyl sites for hydroxylation is 1. The van der Waals surface area contributed by atoms with Gasteiger partial charge in [-0.15, -0.1) is 48.1 Å². The third-order valence-electron chi connectivity index (χ3n) is 12.7. The summed E-state index contributed by atoms with van der Waals surface area (Å²) in [6.45, 7) is 19.6. The fourth-order valence-electron chi connectivity index (χ4n) is 8.90. The van der Waals surface area contributed by atoms with Crippen molar-refractivity contribution in [3.05, 3.63) is 199 Å². The minimum Gasteiger partial charge on any atom is -0.509 e. The number of rotatable bonds is 7. The van der Waals surface area contributed by atoms with Gasteiger partial charge in [0.2, 0.25) is 0 Å². The molecule has 1 aliphatic rings. The Morgan fingerprint density at radius 1 is 0.552 bits per heavy atom. The predicted molar refractivity (Wildman–Crippen MR) is 276 cm³/mol. The van der Waals surface area contributed by atoms with Crippen LogP contribution < -0.4 is 14.5 Å². The maximum Gasteiger partial charge on any atom is 0.135 e. The number of benzene rings is 7. The number of aromatic nitrogens is 2. The smallest absolute Gasteiger partial charge is 0.135 e. The van der Waals surface area contributed by atoms with Crippen molar-refractivity contribution >= 4 is 44.6 Å². The van der Waals surface area contributed by atoms with E-state index in [0.29, 0.717) is 28.4 Å². The van der Waals surface area contributed by atoms with Crippen molar-refractivity contribution in [1.82, 2.24) is 9.55 Å². The van der Waals surface area contributed by atoms with Crippen LogP contribution in [0, 0.1) is 25.7 Å². The molecule has 0 saturated heterocycles. The van der Waals surface area contributed by atoms with E-state index in [-0.39, 0.29) is 42.9 Å². The van der Waals surface area contributed by atoms with Crippen LogP contribution in [0.15, 0.2) is 158 Å². The number of para-hydroxylation sites is 2. The number of nitrogens with zero attached hydrogens (tertiary/aromatic N) is 4. The number of hydrogen-bond acceptors (Lipinski definition) is 4. The number of ether oxygens (including phenoxy) is 1. The van der Waals surface area contributed by atoms with Crippen LogP contribution in [-0.2, 0) is 37.3 Å². The average molecular weight is 1060 g/mol. The Labute approximate surface area is 415 Å². The molecule has 0 radical (unpaired) electrons. The Hall–Kier alpha value is -6.42. The molecule has 67 heavy (non-hydrogen) atoms. The second kappa shape index (κ2) is 17.3. The van der Waals surface area contributed by atoms with E-state index in [1.807, 2.05) is 41.0 Å². The van der Waals surface area contributed by atoms with Gasteiger partial charge in [-0.2, -0.15) is 12.1 Å². The standard InChI is InChI=1S/C61H57N4O.Pt/c1-40-32-58(62-38-53(40)41-24-27-44(28-25-41)59(2,3)4)65-54-31-26-43(42-16-13-17-45(33-42)60(5,6)7)34-52(54)51-30-29-50(37-57(51)65)66-49-21-15-20-48(36-49)64-39-63(55-22-11-12-23-56(55)64)47-19-14-18-46(35-47)61(8,9)10;/h11-35,38-39H,1-10H3;/q-3;/i1D3;. The van der Waals surface area contributed by atoms with E-state index >= 15 is 0 Å². The zero-order chi connectivity index (χ0) is 48.6. The van der Waals surface area contributed by atoms with Crippen molar-refractivity contribution in [3.63, 3.8) is 0 Å². The molecule has 0 saturated carbocycles. The van der Waals surface area contributed by atoms with Crippen LogP contribution in [-0.4, -0.2) is 9.55 Å². The van der Waals surface area contributed by atoms with Gasteiger partial charge >= 0.3 is 0 Å². The topological polar surface area (TPSA) is 33.5 Å². The SMILES string of the molecule is [2H]C([2H])([2H])c1cc(-n2c3[c-]c(Oc4[c-]c(N5[CH-]N(c6cccc(C(C)(C)C)c6)c6ccccc65)ccc4)ccc3c3cc(-c4cccc(C(C)(C)C)c4)ccc32)ncc1-c1ccc(C(C)(C)C)cc1.[Pt]. The largest absolute Gasteiger partial charge is 0.509 e. The van der Waals surface area contributed by atoms with Crippen molar-refractivity contribution in [1.29, 1.82) is 0 Å². The second-order valence-electron chi connectivity index (χ2n) is 20.5. The van der Waals surface area contributed by atoms with Gasteiger partial charge in [-0.05, 0) is 104 Å². The van der Waals surface area contributed by atoms with Crippen LogP contribution >= 0.6 is 0 Å². The molecule has 7 aromatic carbocycles. The van der Waals surface area contributed by atoms with Crippen molar-refractivity contribution in [2.75, 3.05) is 9.80 Å². The molecule has 2 aromatic heterocycles. The van der Waals surface area contributed by atoms with Crippen LogP contribution in [0.2, 0.25) is 0 Å². The Morgan fingerprint density at radius 3 is 1.91 bits per heavy atom. The first-order valence-corrected chi connectivity index (χ1v) is 22.8. The molecule has 0 fully saturated rings. The molecular weight excluding hydrogens is 1000 g/mol. The van der Waals surface area contributed by atoms with Gasteiger partial charge in [0.05, 0.1) is 0 Å². The molecule has 0 amide bonds. The second-order valence-corrected chi connectivity index (χ2v) is 20.5. The van der Waals surface area contributed by atoms with Crippen molar-refractivity contribution < 1.29 is 29.9 Å². The van der Waals surface area contributed by atoms with E-state index in [1.165, 1.54) is 16.7 Å². The molecule has 0 bridgehead atoms. The third-order valence-corrected chi connectivity index (χ3v) is 12.7. The molecular formula is C61H57N4OPt-3. The maximum absolute atomic E-state index is 8.76. The first-order chi connectivity index (χ1) is 32.7. The van der Waals surface area contributed by atoms with E-state index in [0.717, 1.165) is 55.7 Å². The van der Waals surface area contributed by atoms with Gasteiger partial charge in [0.25, 0.3) is 0 Å². The van der Waals surface area contributed by atoms with Gasteiger partial charge in [0.15, 0.2) is 0 Å². The van der Waals surface area contributed by atoms with E-state index < -0.39 is 6.85 Å². The van der Waals surface area contributed by atoms with E-state index in [2.05, 4.69) is 200 Å². The van der Waals surface area contributed by atoms with Gasteiger partial charge in [-0.3, -0.25) is 0 Å². The van der Waals surface area contributed by atoms with E-state index in [9.17, 15) is 0 Å². The first-order valence-electron chi connectivity index (χ1n) is 24.3. The predicted octanol–water partition coefficient (Wildman–Crippen LogP) is 16.5. The maximum atomic E-state index is 8.76. The van der Waals surface area contributed by atoms with Crippen LogP contribution in [0.1, 0.15) is 88.7 Å². The zero-order valence-electron chi connectivity index (χ0n) is 42.6. The fraction of sp³-hybridized carbons (Fsp3) is 0.213. The quantitative estimate of drug-likeness (QED) is 0.149. The Kier molecular flexibility index (Phi) is 10.9. The van der Waals surface area contributed by atoms with E-state index in [1.54, 1.807) is 12.3 Å². The minimum absolute atomic E-state index is 0. The summed E-state index contributed by atoms with van der Waals surface area (Å²) in [5.41, 5.74) is 13.0. The molecule has 10 rings (SSSR count). The van der Waals surface area contributed by atoms with Crippen molar-refractivity contribution in [3.8, 4) is 39.6 Å².